The van der Waals surface area contributed by atoms with E-state index >= 15 is 0 Å². The summed E-state index contributed by atoms with van der Waals surface area (Å²) in [5, 5.41) is 9.63. The lowest BCUT2D eigenvalue weighted by Crippen LogP contribution is -2.23. The fraction of sp³-hybridized carbons (Fsp3) is 0.308. The molecule has 0 atom stereocenters. The van der Waals surface area contributed by atoms with Crippen LogP contribution in [0.25, 0.3) is 0 Å². The third-order valence-corrected chi connectivity index (χ3v) is 3.88. The highest BCUT2D eigenvalue weighted by molar-refractivity contribution is 7.99. The summed E-state index contributed by atoms with van der Waals surface area (Å²) in [6.45, 7) is 4.74. The van der Waals surface area contributed by atoms with Gasteiger partial charge in [0.2, 0.25) is 0 Å². The Hall–Kier alpha value is -2.22. The van der Waals surface area contributed by atoms with Crippen LogP contribution in [-0.2, 0) is 6.54 Å². The number of aromatic nitrogens is 3. The molecule has 8 heteroatoms. The molecule has 0 unspecified atom stereocenters. The smallest absolute Gasteiger partial charge is 0.343 e. The van der Waals surface area contributed by atoms with E-state index in [9.17, 15) is 9.59 Å². The van der Waals surface area contributed by atoms with Crippen LogP contribution in [0, 0.1) is 0 Å². The molecule has 0 saturated heterocycles. The molecule has 7 nitrogen and oxygen atoms in total. The first-order valence-corrected chi connectivity index (χ1v) is 7.39. The van der Waals surface area contributed by atoms with E-state index in [2.05, 4.69) is 15.5 Å². The normalized spacial score (nSPS) is 10.6. The largest absolute Gasteiger partial charge is 0.399 e. The van der Waals surface area contributed by atoms with Crippen LogP contribution in [0.2, 0.25) is 0 Å². The van der Waals surface area contributed by atoms with E-state index in [0.717, 1.165) is 0 Å². The molecule has 0 saturated carbocycles. The van der Waals surface area contributed by atoms with Crippen LogP contribution in [0.4, 0.5) is 5.69 Å². The van der Waals surface area contributed by atoms with Gasteiger partial charge in [0.15, 0.2) is 5.16 Å². The maximum absolute atomic E-state index is 12.1. The number of rotatable bonds is 5. The van der Waals surface area contributed by atoms with Gasteiger partial charge in [0.05, 0.1) is 5.56 Å². The second kappa shape index (κ2) is 6.49. The lowest BCUT2D eigenvalue weighted by atomic mass is 10.2. The summed E-state index contributed by atoms with van der Waals surface area (Å²) in [5.41, 5.74) is 6.57. The third-order valence-electron chi connectivity index (χ3n) is 2.83. The molecular weight excluding hydrogens is 290 g/mol. The first kappa shape index (κ1) is 15.2. The Balaban J connectivity index is 2.40. The minimum Gasteiger partial charge on any atom is -0.399 e. The molecule has 1 heterocycles. The van der Waals surface area contributed by atoms with Gasteiger partial charge in [-0.25, -0.2) is 9.89 Å². The zero-order chi connectivity index (χ0) is 15.4. The average Bonchev–Trinajstić information content (AvgIpc) is 2.79. The van der Waals surface area contributed by atoms with Crippen molar-refractivity contribution in [3.05, 3.63) is 34.2 Å². The number of nitrogens with one attached hydrogen (secondary N) is 2. The lowest BCUT2D eigenvalue weighted by Gasteiger charge is -2.09. The molecule has 2 aromatic rings. The number of amides is 1. The summed E-state index contributed by atoms with van der Waals surface area (Å²) in [6.07, 6.45) is 0. The topological polar surface area (TPSA) is 106 Å². The number of carbonyl (C=O) groups is 1. The van der Waals surface area contributed by atoms with E-state index < -0.39 is 0 Å². The zero-order valence-corrected chi connectivity index (χ0v) is 12.7. The van der Waals surface area contributed by atoms with E-state index in [-0.39, 0.29) is 11.6 Å². The molecule has 112 valence electrons. The Morgan fingerprint density at radius 2 is 2.24 bits per heavy atom. The number of anilines is 1. The molecule has 4 N–H and O–H groups in total. The van der Waals surface area contributed by atoms with Crippen molar-refractivity contribution >= 4 is 23.4 Å². The van der Waals surface area contributed by atoms with Gasteiger partial charge >= 0.3 is 5.69 Å². The number of nitrogens with zero attached hydrogens (tertiary/aromatic N) is 2. The molecule has 0 bridgehead atoms. The minimum absolute atomic E-state index is 0.180. The number of hydrogen-bond donors (Lipinski definition) is 3. The molecule has 0 spiro atoms. The SMILES string of the molecule is CCNC(=O)c1ccc(N)cc1Sc1n[nH]c(=O)n1CC. The van der Waals surface area contributed by atoms with E-state index in [1.165, 1.54) is 16.3 Å². The fourth-order valence-electron chi connectivity index (χ4n) is 1.83. The molecule has 0 radical (unpaired) electrons. The summed E-state index contributed by atoms with van der Waals surface area (Å²) in [5.74, 6) is -0.180. The van der Waals surface area contributed by atoms with E-state index in [0.29, 0.717) is 34.4 Å². The van der Waals surface area contributed by atoms with Crippen molar-refractivity contribution in [2.24, 2.45) is 0 Å². The summed E-state index contributed by atoms with van der Waals surface area (Å²) < 4.78 is 1.50. The Morgan fingerprint density at radius 1 is 1.48 bits per heavy atom. The van der Waals surface area contributed by atoms with E-state index in [4.69, 9.17) is 5.73 Å². The van der Waals surface area contributed by atoms with Crippen molar-refractivity contribution < 1.29 is 4.79 Å². The molecule has 1 aromatic heterocycles. The predicted octanol–water partition coefficient (Wildman–Crippen LogP) is 1.07. The molecule has 2 rings (SSSR count). The first-order valence-electron chi connectivity index (χ1n) is 6.57. The van der Waals surface area contributed by atoms with Crippen molar-refractivity contribution in [2.45, 2.75) is 30.4 Å². The lowest BCUT2D eigenvalue weighted by molar-refractivity contribution is 0.0953. The van der Waals surface area contributed by atoms with Gasteiger partial charge < -0.3 is 11.1 Å². The van der Waals surface area contributed by atoms with Crippen molar-refractivity contribution in [3.8, 4) is 0 Å². The van der Waals surface area contributed by atoms with Crippen molar-refractivity contribution in [1.29, 1.82) is 0 Å². The van der Waals surface area contributed by atoms with Gasteiger partial charge in [-0.1, -0.05) is 0 Å². The van der Waals surface area contributed by atoms with Gasteiger partial charge in [0.25, 0.3) is 5.91 Å². The number of hydrogen-bond acceptors (Lipinski definition) is 5. The molecule has 0 aliphatic carbocycles. The molecule has 0 fully saturated rings. The maximum Gasteiger partial charge on any atom is 0.343 e. The van der Waals surface area contributed by atoms with Crippen molar-refractivity contribution in [2.75, 3.05) is 12.3 Å². The van der Waals surface area contributed by atoms with Crippen molar-refractivity contribution in [3.63, 3.8) is 0 Å². The second-order valence-electron chi connectivity index (χ2n) is 4.27. The molecule has 1 amide bonds. The molecule has 1 aromatic carbocycles. The van der Waals surface area contributed by atoms with Gasteiger partial charge in [0, 0.05) is 23.7 Å². The summed E-state index contributed by atoms with van der Waals surface area (Å²) in [6, 6.07) is 5.05. The Morgan fingerprint density at radius 3 is 2.90 bits per heavy atom. The van der Waals surface area contributed by atoms with E-state index in [1.807, 2.05) is 13.8 Å². The first-order chi connectivity index (χ1) is 10.1. The Kier molecular flexibility index (Phi) is 4.69. The fourth-order valence-corrected chi connectivity index (χ4v) is 2.90. The Bertz CT molecular complexity index is 707. The number of aromatic amines is 1. The summed E-state index contributed by atoms with van der Waals surface area (Å²) in [4.78, 5) is 24.3. The Labute approximate surface area is 125 Å². The van der Waals surface area contributed by atoms with Crippen LogP contribution >= 0.6 is 11.8 Å². The number of carbonyl (C=O) groups excluding carboxylic acids is 1. The number of nitrogens with two attached hydrogens (primary N) is 1. The zero-order valence-electron chi connectivity index (χ0n) is 11.8. The molecule has 0 aliphatic rings. The van der Waals surface area contributed by atoms with Crippen LogP contribution in [0.15, 0.2) is 33.0 Å². The standard InChI is InChI=1S/C13H17N5O2S/c1-3-15-11(19)9-6-5-8(14)7-10(9)21-13-17-16-12(20)18(13)4-2/h5-7H,3-4,14H2,1-2H3,(H,15,19)(H,16,20). The van der Waals surface area contributed by atoms with Crippen LogP contribution in [-0.4, -0.2) is 27.2 Å². The quantitative estimate of drug-likeness (QED) is 0.717. The van der Waals surface area contributed by atoms with Crippen LogP contribution in [0.3, 0.4) is 0 Å². The van der Waals surface area contributed by atoms with Gasteiger partial charge in [-0.05, 0) is 43.8 Å². The minimum atomic E-state index is -0.275. The van der Waals surface area contributed by atoms with Crippen molar-refractivity contribution in [1.82, 2.24) is 20.1 Å². The third kappa shape index (κ3) is 3.27. The van der Waals surface area contributed by atoms with Gasteiger partial charge in [-0.15, -0.1) is 5.10 Å². The highest BCUT2D eigenvalue weighted by atomic mass is 32.2. The number of benzene rings is 1. The number of H-pyrrole nitrogens is 1. The average molecular weight is 307 g/mol. The predicted molar refractivity (Wildman–Crippen MR) is 81.5 cm³/mol. The summed E-state index contributed by atoms with van der Waals surface area (Å²) >= 11 is 1.23. The van der Waals surface area contributed by atoms with Crippen LogP contribution in [0.1, 0.15) is 24.2 Å². The van der Waals surface area contributed by atoms with Gasteiger partial charge in [-0.3, -0.25) is 9.36 Å². The van der Waals surface area contributed by atoms with Crippen LogP contribution in [0.5, 0.6) is 0 Å². The van der Waals surface area contributed by atoms with Gasteiger partial charge in [0.1, 0.15) is 0 Å². The highest BCUT2D eigenvalue weighted by Gasteiger charge is 2.15. The van der Waals surface area contributed by atoms with Crippen LogP contribution < -0.4 is 16.7 Å². The van der Waals surface area contributed by atoms with E-state index in [1.54, 1.807) is 18.2 Å². The summed E-state index contributed by atoms with van der Waals surface area (Å²) in [7, 11) is 0. The molecule has 21 heavy (non-hydrogen) atoms. The highest BCUT2D eigenvalue weighted by Crippen LogP contribution is 2.30. The van der Waals surface area contributed by atoms with Gasteiger partial charge in [-0.2, -0.15) is 0 Å². The monoisotopic (exact) mass is 307 g/mol. The molecule has 0 aliphatic heterocycles. The second-order valence-corrected chi connectivity index (χ2v) is 5.28. The maximum atomic E-state index is 12.1. The molecular formula is C13H17N5O2S. The number of nitrogen functional groups attached to an aromatic ring is 1.